The Labute approximate surface area is 95.7 Å². The van der Waals surface area contributed by atoms with Gasteiger partial charge in [-0.1, -0.05) is 11.6 Å². The van der Waals surface area contributed by atoms with Crippen molar-refractivity contribution >= 4 is 39.1 Å². The van der Waals surface area contributed by atoms with Gasteiger partial charge in [0.05, 0.1) is 5.02 Å². The number of rotatable bonds is 3. The Bertz CT molecular complexity index is 357. The van der Waals surface area contributed by atoms with Crippen LogP contribution in [0, 0.1) is 0 Å². The van der Waals surface area contributed by atoms with E-state index in [-0.39, 0.29) is 0 Å². The number of nitrogens with two attached hydrogens (primary N) is 1. The average Bonchev–Trinajstić information content (AvgIpc) is 2.11. The Balaban J connectivity index is 2.78. The van der Waals surface area contributed by atoms with E-state index in [1.807, 2.05) is 6.07 Å². The van der Waals surface area contributed by atoms with Crippen molar-refractivity contribution in [1.29, 1.82) is 0 Å². The highest BCUT2D eigenvalue weighted by atomic mass is 79.9. The van der Waals surface area contributed by atoms with Gasteiger partial charge in [-0.05, 0) is 41.1 Å². The van der Waals surface area contributed by atoms with Gasteiger partial charge >= 0.3 is 0 Å². The van der Waals surface area contributed by atoms with E-state index in [0.717, 1.165) is 10.2 Å². The lowest BCUT2D eigenvalue weighted by Crippen LogP contribution is -2.32. The third-order valence-electron chi connectivity index (χ3n) is 1.73. The van der Waals surface area contributed by atoms with Crippen LogP contribution in [0.1, 0.15) is 6.92 Å². The maximum Gasteiger partial charge on any atom is 0.239 e. The fourth-order valence-corrected chi connectivity index (χ4v) is 1.33. The minimum absolute atomic E-state index is 0.399. The molecule has 0 aliphatic heterocycles. The highest BCUT2D eigenvalue weighted by molar-refractivity contribution is 9.10. The van der Waals surface area contributed by atoms with Crippen molar-refractivity contribution in [2.75, 3.05) is 5.32 Å². The average molecular weight is 278 g/mol. The first-order valence-corrected chi connectivity index (χ1v) is 5.18. The number of halogens is 2. The molecule has 1 amide bonds. The van der Waals surface area contributed by atoms with Crippen LogP contribution in [0.3, 0.4) is 0 Å². The molecule has 0 aliphatic rings. The topological polar surface area (TPSA) is 55.1 Å². The van der Waals surface area contributed by atoms with Crippen LogP contribution in [0.5, 0.6) is 0 Å². The monoisotopic (exact) mass is 276 g/mol. The van der Waals surface area contributed by atoms with E-state index in [1.54, 1.807) is 19.1 Å². The predicted molar refractivity (Wildman–Crippen MR) is 61.4 cm³/mol. The summed E-state index contributed by atoms with van der Waals surface area (Å²) in [7, 11) is 0. The van der Waals surface area contributed by atoms with Gasteiger partial charge in [0, 0.05) is 10.2 Å². The molecular formula is C9H10BrClN2O. The number of anilines is 1. The van der Waals surface area contributed by atoms with Crippen LogP contribution in [0.4, 0.5) is 5.69 Å². The molecular weight excluding hydrogens is 267 g/mol. The molecule has 0 saturated carbocycles. The lowest BCUT2D eigenvalue weighted by atomic mass is 10.2. The number of hydrogen-bond acceptors (Lipinski definition) is 2. The zero-order valence-corrected chi connectivity index (χ0v) is 9.89. The third-order valence-corrected chi connectivity index (χ3v) is 2.96. The molecule has 3 nitrogen and oxygen atoms in total. The minimum Gasteiger partial charge on any atom is -0.374 e. The number of carbonyl (C=O) groups is 1. The number of nitrogens with one attached hydrogen (secondary N) is 1. The zero-order valence-electron chi connectivity index (χ0n) is 7.55. The van der Waals surface area contributed by atoms with Crippen molar-refractivity contribution in [1.82, 2.24) is 0 Å². The Hall–Kier alpha value is -0.740. The lowest BCUT2D eigenvalue weighted by molar-refractivity contribution is -0.118. The SMILES string of the molecule is CC(Nc1ccc(Br)c(Cl)c1)C(N)=O. The Kier molecular flexibility index (Phi) is 3.77. The Morgan fingerprint density at radius 3 is 2.79 bits per heavy atom. The molecule has 0 spiro atoms. The molecule has 1 unspecified atom stereocenters. The second-order valence-corrected chi connectivity index (χ2v) is 4.16. The first-order valence-electron chi connectivity index (χ1n) is 4.01. The van der Waals surface area contributed by atoms with E-state index in [1.165, 1.54) is 0 Å². The van der Waals surface area contributed by atoms with Crippen LogP contribution < -0.4 is 11.1 Å². The number of carbonyl (C=O) groups excluding carboxylic acids is 1. The molecule has 0 heterocycles. The van der Waals surface area contributed by atoms with Gasteiger partial charge in [0.1, 0.15) is 6.04 Å². The zero-order chi connectivity index (χ0) is 10.7. The molecule has 0 aliphatic carbocycles. The fourth-order valence-electron chi connectivity index (χ4n) is 0.907. The molecule has 0 radical (unpaired) electrons. The van der Waals surface area contributed by atoms with Crippen LogP contribution in [-0.2, 0) is 4.79 Å². The van der Waals surface area contributed by atoms with Crippen molar-refractivity contribution in [3.05, 3.63) is 27.7 Å². The highest BCUT2D eigenvalue weighted by Gasteiger charge is 2.08. The van der Waals surface area contributed by atoms with Crippen molar-refractivity contribution in [2.45, 2.75) is 13.0 Å². The molecule has 0 bridgehead atoms. The van der Waals surface area contributed by atoms with Gasteiger partial charge < -0.3 is 11.1 Å². The van der Waals surface area contributed by atoms with E-state index in [4.69, 9.17) is 17.3 Å². The smallest absolute Gasteiger partial charge is 0.239 e. The molecule has 1 aromatic carbocycles. The molecule has 0 fully saturated rings. The van der Waals surface area contributed by atoms with Crippen molar-refractivity contribution in [3.8, 4) is 0 Å². The summed E-state index contributed by atoms with van der Waals surface area (Å²) in [6.45, 7) is 1.69. The van der Waals surface area contributed by atoms with E-state index in [2.05, 4.69) is 21.2 Å². The highest BCUT2D eigenvalue weighted by Crippen LogP contribution is 2.25. The normalized spacial score (nSPS) is 12.2. The molecule has 0 aromatic heterocycles. The van der Waals surface area contributed by atoms with Gasteiger partial charge in [0.15, 0.2) is 0 Å². The number of hydrogen-bond donors (Lipinski definition) is 2. The second-order valence-electron chi connectivity index (χ2n) is 2.90. The first kappa shape index (κ1) is 11.3. The van der Waals surface area contributed by atoms with E-state index in [9.17, 15) is 4.79 Å². The summed E-state index contributed by atoms with van der Waals surface area (Å²) in [5, 5.41) is 3.52. The quantitative estimate of drug-likeness (QED) is 0.891. The van der Waals surface area contributed by atoms with Crippen LogP contribution in [0.25, 0.3) is 0 Å². The Morgan fingerprint density at radius 1 is 1.64 bits per heavy atom. The van der Waals surface area contributed by atoms with Crippen LogP contribution in [0.2, 0.25) is 5.02 Å². The van der Waals surface area contributed by atoms with Crippen LogP contribution in [-0.4, -0.2) is 11.9 Å². The molecule has 5 heteroatoms. The summed E-state index contributed by atoms with van der Waals surface area (Å²) in [5.74, 6) is -0.399. The molecule has 14 heavy (non-hydrogen) atoms. The van der Waals surface area contributed by atoms with Gasteiger partial charge in [-0.2, -0.15) is 0 Å². The van der Waals surface area contributed by atoms with Crippen molar-refractivity contribution < 1.29 is 4.79 Å². The maximum atomic E-state index is 10.8. The molecule has 1 aromatic rings. The molecule has 3 N–H and O–H groups in total. The van der Waals surface area contributed by atoms with Gasteiger partial charge in [-0.15, -0.1) is 0 Å². The largest absolute Gasteiger partial charge is 0.374 e. The van der Waals surface area contributed by atoms with E-state index < -0.39 is 11.9 Å². The van der Waals surface area contributed by atoms with E-state index in [0.29, 0.717) is 5.02 Å². The molecule has 1 rings (SSSR count). The number of benzene rings is 1. The van der Waals surface area contributed by atoms with Crippen molar-refractivity contribution in [3.63, 3.8) is 0 Å². The van der Waals surface area contributed by atoms with E-state index >= 15 is 0 Å². The minimum atomic E-state index is -0.410. The lowest BCUT2D eigenvalue weighted by Gasteiger charge is -2.11. The summed E-state index contributed by atoms with van der Waals surface area (Å²) in [5.41, 5.74) is 5.88. The van der Waals surface area contributed by atoms with Gasteiger partial charge in [-0.3, -0.25) is 4.79 Å². The van der Waals surface area contributed by atoms with Gasteiger partial charge in [0.25, 0.3) is 0 Å². The standard InChI is InChI=1S/C9H10BrClN2O/c1-5(9(12)14)13-6-2-3-7(10)8(11)4-6/h2-5,13H,1H3,(H2,12,14). The maximum absolute atomic E-state index is 10.8. The summed E-state index contributed by atoms with van der Waals surface area (Å²) in [4.78, 5) is 10.8. The first-order chi connectivity index (χ1) is 6.50. The van der Waals surface area contributed by atoms with Crippen LogP contribution in [0.15, 0.2) is 22.7 Å². The molecule has 1 atom stereocenters. The number of primary amides is 1. The Morgan fingerprint density at radius 2 is 2.29 bits per heavy atom. The van der Waals surface area contributed by atoms with Gasteiger partial charge in [-0.25, -0.2) is 0 Å². The van der Waals surface area contributed by atoms with Crippen molar-refractivity contribution in [2.24, 2.45) is 5.73 Å². The molecule has 0 saturated heterocycles. The summed E-state index contributed by atoms with van der Waals surface area (Å²) in [6, 6.07) is 4.94. The third kappa shape index (κ3) is 2.89. The molecule has 76 valence electrons. The second kappa shape index (κ2) is 4.66. The van der Waals surface area contributed by atoms with Crippen LogP contribution >= 0.6 is 27.5 Å². The number of amides is 1. The van der Waals surface area contributed by atoms with Gasteiger partial charge in [0.2, 0.25) is 5.91 Å². The fraction of sp³-hybridized carbons (Fsp3) is 0.222. The summed E-state index contributed by atoms with van der Waals surface area (Å²) < 4.78 is 0.816. The summed E-state index contributed by atoms with van der Waals surface area (Å²) in [6.07, 6.45) is 0. The summed E-state index contributed by atoms with van der Waals surface area (Å²) >= 11 is 9.15. The predicted octanol–water partition coefficient (Wildman–Crippen LogP) is 2.39.